The molecule has 2 aromatic heterocycles. The molecule has 0 saturated carbocycles. The molecule has 3 heterocycles. The van der Waals surface area contributed by atoms with Crippen molar-refractivity contribution in [3.63, 3.8) is 0 Å². The topological polar surface area (TPSA) is 49.0 Å². The van der Waals surface area contributed by atoms with Crippen molar-refractivity contribution < 1.29 is 4.79 Å². The van der Waals surface area contributed by atoms with Gasteiger partial charge in [-0.25, -0.2) is 0 Å². The Morgan fingerprint density at radius 1 is 1.22 bits per heavy atom. The smallest absolute Gasteiger partial charge is 0.222 e. The summed E-state index contributed by atoms with van der Waals surface area (Å²) in [5.74, 6) is 0.628. The molecule has 1 aromatic carbocycles. The third-order valence-electron chi connectivity index (χ3n) is 5.34. The first-order chi connectivity index (χ1) is 13.3. The summed E-state index contributed by atoms with van der Waals surface area (Å²) in [5.41, 5.74) is 3.74. The molecule has 5 heteroatoms. The summed E-state index contributed by atoms with van der Waals surface area (Å²) in [5, 5.41) is 9.60. The number of hydrogen-bond acceptors (Lipinski definition) is 3. The zero-order valence-corrected chi connectivity index (χ0v) is 16.3. The van der Waals surface area contributed by atoms with Crippen molar-refractivity contribution >= 4 is 17.2 Å². The van der Waals surface area contributed by atoms with Gasteiger partial charge in [-0.1, -0.05) is 36.4 Å². The van der Waals surface area contributed by atoms with Crippen LogP contribution in [-0.2, 0) is 17.6 Å². The van der Waals surface area contributed by atoms with E-state index in [9.17, 15) is 4.79 Å². The number of amides is 1. The van der Waals surface area contributed by atoms with Crippen molar-refractivity contribution in [2.45, 2.75) is 38.0 Å². The van der Waals surface area contributed by atoms with Crippen molar-refractivity contribution in [2.24, 2.45) is 0 Å². The van der Waals surface area contributed by atoms with E-state index in [0.717, 1.165) is 38.8 Å². The van der Waals surface area contributed by atoms with Gasteiger partial charge in [0.25, 0.3) is 0 Å². The number of thiophene rings is 1. The highest BCUT2D eigenvalue weighted by molar-refractivity contribution is 7.09. The third kappa shape index (κ3) is 4.48. The van der Waals surface area contributed by atoms with Crippen LogP contribution in [0.3, 0.4) is 0 Å². The van der Waals surface area contributed by atoms with Gasteiger partial charge in [-0.15, -0.1) is 11.3 Å². The number of nitrogens with zero attached hydrogens (tertiary/aromatic N) is 2. The molecule has 0 bridgehead atoms. The predicted octanol–water partition coefficient (Wildman–Crippen LogP) is 4.40. The van der Waals surface area contributed by atoms with E-state index in [0.29, 0.717) is 12.3 Å². The molecule has 1 fully saturated rings. The number of aromatic amines is 1. The van der Waals surface area contributed by atoms with Gasteiger partial charge in [0, 0.05) is 42.4 Å². The van der Waals surface area contributed by atoms with E-state index in [1.165, 1.54) is 21.7 Å². The zero-order chi connectivity index (χ0) is 18.5. The monoisotopic (exact) mass is 379 g/mol. The molecule has 1 atom stereocenters. The van der Waals surface area contributed by atoms with E-state index in [2.05, 4.69) is 50.8 Å². The number of aryl methyl sites for hydroxylation is 1. The molecule has 0 spiro atoms. The summed E-state index contributed by atoms with van der Waals surface area (Å²) in [6.45, 7) is 1.68. The van der Waals surface area contributed by atoms with Gasteiger partial charge in [-0.2, -0.15) is 5.10 Å². The highest BCUT2D eigenvalue weighted by atomic mass is 32.1. The van der Waals surface area contributed by atoms with Crippen molar-refractivity contribution in [1.82, 2.24) is 15.1 Å². The van der Waals surface area contributed by atoms with Gasteiger partial charge in [0.15, 0.2) is 0 Å². The highest BCUT2D eigenvalue weighted by Gasteiger charge is 2.27. The van der Waals surface area contributed by atoms with Gasteiger partial charge in [-0.05, 0) is 41.8 Å². The summed E-state index contributed by atoms with van der Waals surface area (Å²) in [6, 6.07) is 14.6. The van der Waals surface area contributed by atoms with Crippen LogP contribution in [0.4, 0.5) is 0 Å². The van der Waals surface area contributed by atoms with Crippen molar-refractivity contribution in [1.29, 1.82) is 0 Å². The van der Waals surface area contributed by atoms with Gasteiger partial charge in [0.2, 0.25) is 5.91 Å². The summed E-state index contributed by atoms with van der Waals surface area (Å²) >= 11 is 1.73. The molecule has 1 unspecified atom stereocenters. The number of piperidine rings is 1. The molecule has 4 rings (SSSR count). The minimum Gasteiger partial charge on any atom is -0.342 e. The lowest BCUT2D eigenvalue weighted by molar-refractivity contribution is -0.132. The molecular formula is C22H25N3OS. The minimum atomic E-state index is 0.275. The van der Waals surface area contributed by atoms with Crippen LogP contribution in [0.2, 0.25) is 0 Å². The van der Waals surface area contributed by atoms with Crippen molar-refractivity contribution in [2.75, 3.05) is 13.1 Å². The molecule has 0 radical (unpaired) electrons. The molecule has 0 aliphatic carbocycles. The zero-order valence-electron chi connectivity index (χ0n) is 15.4. The molecule has 140 valence electrons. The SMILES string of the molecule is O=C(CCc1cccs1)N1CCCC(c2[nH]ncc2Cc2ccccc2)C1. The van der Waals surface area contributed by atoms with Gasteiger partial charge >= 0.3 is 0 Å². The Labute approximate surface area is 164 Å². The second-order valence-electron chi connectivity index (χ2n) is 7.23. The summed E-state index contributed by atoms with van der Waals surface area (Å²) < 4.78 is 0. The Bertz CT molecular complexity index is 857. The maximum atomic E-state index is 12.7. The summed E-state index contributed by atoms with van der Waals surface area (Å²) in [6.07, 6.45) is 6.45. The van der Waals surface area contributed by atoms with Crippen LogP contribution in [0.5, 0.6) is 0 Å². The van der Waals surface area contributed by atoms with Crippen LogP contribution >= 0.6 is 11.3 Å². The Balaban J connectivity index is 1.40. The van der Waals surface area contributed by atoms with Crippen LogP contribution in [0.15, 0.2) is 54.0 Å². The van der Waals surface area contributed by atoms with Gasteiger partial charge in [0.1, 0.15) is 0 Å². The number of aromatic nitrogens is 2. The van der Waals surface area contributed by atoms with Crippen molar-refractivity contribution in [3.8, 4) is 0 Å². The number of hydrogen-bond donors (Lipinski definition) is 1. The van der Waals surface area contributed by atoms with Crippen molar-refractivity contribution in [3.05, 3.63) is 75.7 Å². The maximum Gasteiger partial charge on any atom is 0.222 e. The van der Waals surface area contributed by atoms with Crippen LogP contribution in [0.1, 0.15) is 46.9 Å². The lowest BCUT2D eigenvalue weighted by Gasteiger charge is -2.33. The molecule has 4 nitrogen and oxygen atoms in total. The molecule has 27 heavy (non-hydrogen) atoms. The van der Waals surface area contributed by atoms with Crippen LogP contribution in [0.25, 0.3) is 0 Å². The number of carbonyl (C=O) groups excluding carboxylic acids is 1. The Hall–Kier alpha value is -2.40. The fourth-order valence-electron chi connectivity index (χ4n) is 3.91. The first kappa shape index (κ1) is 18.0. The Morgan fingerprint density at radius 2 is 2.11 bits per heavy atom. The molecule has 1 saturated heterocycles. The minimum absolute atomic E-state index is 0.275. The first-order valence-corrected chi connectivity index (χ1v) is 10.5. The number of rotatable bonds is 6. The number of carbonyl (C=O) groups is 1. The molecule has 1 N–H and O–H groups in total. The predicted molar refractivity (Wildman–Crippen MR) is 109 cm³/mol. The second-order valence-corrected chi connectivity index (χ2v) is 8.26. The average molecular weight is 380 g/mol. The molecule has 1 aliphatic heterocycles. The van der Waals surface area contributed by atoms with Crippen LogP contribution < -0.4 is 0 Å². The number of likely N-dealkylation sites (tertiary alicyclic amines) is 1. The molecule has 3 aromatic rings. The quantitative estimate of drug-likeness (QED) is 0.690. The Kier molecular flexibility index (Phi) is 5.68. The lowest BCUT2D eigenvalue weighted by atomic mass is 9.90. The number of benzene rings is 1. The second kappa shape index (κ2) is 8.53. The highest BCUT2D eigenvalue weighted by Crippen LogP contribution is 2.29. The lowest BCUT2D eigenvalue weighted by Crippen LogP contribution is -2.39. The summed E-state index contributed by atoms with van der Waals surface area (Å²) in [7, 11) is 0. The van der Waals surface area contributed by atoms with Gasteiger partial charge in [0.05, 0.1) is 6.20 Å². The maximum absolute atomic E-state index is 12.7. The standard InChI is InChI=1S/C22H25N3OS/c26-21(11-10-20-9-5-13-27-20)25-12-4-8-18(16-25)22-19(15-23-24-22)14-17-6-2-1-3-7-17/h1-3,5-7,9,13,15,18H,4,8,10-12,14,16H2,(H,23,24). The van der Waals surface area contributed by atoms with Gasteiger partial charge in [-0.3, -0.25) is 9.89 Å². The fraction of sp³-hybridized carbons (Fsp3) is 0.364. The normalized spacial score (nSPS) is 17.2. The van der Waals surface area contributed by atoms with E-state index in [-0.39, 0.29) is 5.91 Å². The van der Waals surface area contributed by atoms with E-state index in [1.54, 1.807) is 11.3 Å². The fourth-order valence-corrected chi connectivity index (χ4v) is 4.62. The molecule has 1 amide bonds. The van der Waals surface area contributed by atoms with Gasteiger partial charge < -0.3 is 4.90 Å². The Morgan fingerprint density at radius 3 is 2.93 bits per heavy atom. The average Bonchev–Trinajstić information content (AvgIpc) is 3.39. The largest absolute Gasteiger partial charge is 0.342 e. The third-order valence-corrected chi connectivity index (χ3v) is 6.27. The molecule has 1 aliphatic rings. The van der Waals surface area contributed by atoms with E-state index < -0.39 is 0 Å². The number of nitrogens with one attached hydrogen (secondary N) is 1. The first-order valence-electron chi connectivity index (χ1n) is 9.66. The van der Waals surface area contributed by atoms with E-state index in [4.69, 9.17) is 0 Å². The van der Waals surface area contributed by atoms with E-state index in [1.807, 2.05) is 18.3 Å². The summed E-state index contributed by atoms with van der Waals surface area (Å²) in [4.78, 5) is 16.0. The van der Waals surface area contributed by atoms with Crippen LogP contribution in [-0.4, -0.2) is 34.1 Å². The number of H-pyrrole nitrogens is 1. The molecular weight excluding hydrogens is 354 g/mol. The van der Waals surface area contributed by atoms with E-state index >= 15 is 0 Å². The van der Waals surface area contributed by atoms with Crippen LogP contribution in [0, 0.1) is 0 Å².